The summed E-state index contributed by atoms with van der Waals surface area (Å²) in [5, 5.41) is 11.6. The van der Waals surface area contributed by atoms with E-state index in [1.165, 1.54) is 16.8 Å². The SMILES string of the molecule is O=C(CCn1nnc2ccccc2c1=O)N[C@@H](c1ccc(F)cc1)C1CCCC1. The minimum absolute atomic E-state index is 0.122. The second-order valence-corrected chi connectivity index (χ2v) is 7.53. The van der Waals surface area contributed by atoms with Gasteiger partial charge in [0.15, 0.2) is 0 Å². The number of carbonyl (C=O) groups excluding carboxylic acids is 1. The molecule has 1 aliphatic rings. The Morgan fingerprint density at radius 2 is 1.86 bits per heavy atom. The van der Waals surface area contributed by atoms with Crippen molar-refractivity contribution in [2.75, 3.05) is 0 Å². The molecule has 0 saturated heterocycles. The summed E-state index contributed by atoms with van der Waals surface area (Å²) in [6.45, 7) is 0.156. The van der Waals surface area contributed by atoms with E-state index in [2.05, 4.69) is 15.6 Å². The van der Waals surface area contributed by atoms with Crippen LogP contribution in [0.1, 0.15) is 43.7 Å². The van der Waals surface area contributed by atoms with E-state index in [1.807, 2.05) is 0 Å². The van der Waals surface area contributed by atoms with Crippen LogP contribution >= 0.6 is 0 Å². The molecule has 0 spiro atoms. The summed E-state index contributed by atoms with van der Waals surface area (Å²) in [4.78, 5) is 25.2. The Bertz CT molecular complexity index is 1060. The molecule has 150 valence electrons. The van der Waals surface area contributed by atoms with Crippen LogP contribution < -0.4 is 10.9 Å². The van der Waals surface area contributed by atoms with Gasteiger partial charge in [-0.2, -0.15) is 0 Å². The third-order valence-corrected chi connectivity index (χ3v) is 5.60. The highest BCUT2D eigenvalue weighted by molar-refractivity contribution is 5.77. The number of halogens is 1. The van der Waals surface area contributed by atoms with Gasteiger partial charge in [0.1, 0.15) is 11.3 Å². The molecule has 1 saturated carbocycles. The molecule has 6 nitrogen and oxygen atoms in total. The molecule has 7 heteroatoms. The molecule has 0 bridgehead atoms. The minimum atomic E-state index is -0.292. The van der Waals surface area contributed by atoms with Crippen molar-refractivity contribution in [1.29, 1.82) is 0 Å². The number of nitrogens with zero attached hydrogens (tertiary/aromatic N) is 3. The molecule has 0 radical (unpaired) electrons. The lowest BCUT2D eigenvalue weighted by atomic mass is 9.91. The van der Waals surface area contributed by atoms with Gasteiger partial charge in [0.2, 0.25) is 5.91 Å². The number of aryl methyl sites for hydroxylation is 1. The quantitative estimate of drug-likeness (QED) is 0.695. The molecule has 0 aliphatic heterocycles. The van der Waals surface area contributed by atoms with Crippen molar-refractivity contribution < 1.29 is 9.18 Å². The first-order valence-electron chi connectivity index (χ1n) is 9.99. The maximum Gasteiger partial charge on any atom is 0.277 e. The predicted molar refractivity (Wildman–Crippen MR) is 108 cm³/mol. The fourth-order valence-corrected chi connectivity index (χ4v) is 4.06. The highest BCUT2D eigenvalue weighted by atomic mass is 19.1. The molecular formula is C22H23FN4O2. The van der Waals surface area contributed by atoms with Crippen LogP contribution in [0.15, 0.2) is 53.3 Å². The van der Waals surface area contributed by atoms with Crippen molar-refractivity contribution >= 4 is 16.8 Å². The van der Waals surface area contributed by atoms with Gasteiger partial charge >= 0.3 is 0 Å². The van der Waals surface area contributed by atoms with E-state index in [0.29, 0.717) is 16.8 Å². The van der Waals surface area contributed by atoms with E-state index in [-0.39, 0.29) is 36.3 Å². The van der Waals surface area contributed by atoms with Crippen molar-refractivity contribution in [2.45, 2.75) is 44.7 Å². The fraction of sp³-hybridized carbons (Fsp3) is 0.364. The van der Waals surface area contributed by atoms with Gasteiger partial charge in [-0.3, -0.25) is 9.59 Å². The van der Waals surface area contributed by atoms with Crippen molar-refractivity contribution in [3.05, 3.63) is 70.3 Å². The highest BCUT2D eigenvalue weighted by Crippen LogP contribution is 2.35. The van der Waals surface area contributed by atoms with E-state index in [1.54, 1.807) is 36.4 Å². The van der Waals surface area contributed by atoms with Crippen LogP contribution in [0.5, 0.6) is 0 Å². The summed E-state index contributed by atoms with van der Waals surface area (Å²) in [5.74, 6) is -0.111. The average molecular weight is 394 g/mol. The largest absolute Gasteiger partial charge is 0.349 e. The Labute approximate surface area is 167 Å². The monoisotopic (exact) mass is 394 g/mol. The Morgan fingerprint density at radius 3 is 2.62 bits per heavy atom. The molecule has 4 rings (SSSR count). The summed E-state index contributed by atoms with van der Waals surface area (Å²) in [7, 11) is 0. The molecular weight excluding hydrogens is 371 g/mol. The molecule has 1 aromatic heterocycles. The standard InChI is InChI=1S/C22H23FN4O2/c23-17-11-9-16(10-12-17)21(15-5-1-2-6-15)24-20(28)13-14-27-22(29)18-7-3-4-8-19(18)25-26-27/h3-4,7-12,15,21H,1-2,5-6,13-14H2,(H,24,28)/t21-/m1/s1. The molecule has 0 unspecified atom stereocenters. The van der Waals surface area contributed by atoms with Crippen molar-refractivity contribution in [1.82, 2.24) is 20.3 Å². The third kappa shape index (κ3) is 4.34. The third-order valence-electron chi connectivity index (χ3n) is 5.60. The van der Waals surface area contributed by atoms with E-state index < -0.39 is 0 Å². The molecule has 1 amide bonds. The van der Waals surface area contributed by atoms with E-state index in [4.69, 9.17) is 0 Å². The molecule has 29 heavy (non-hydrogen) atoms. The van der Waals surface area contributed by atoms with E-state index >= 15 is 0 Å². The lowest BCUT2D eigenvalue weighted by molar-refractivity contribution is -0.122. The zero-order valence-corrected chi connectivity index (χ0v) is 16.1. The fourth-order valence-electron chi connectivity index (χ4n) is 4.06. The number of nitrogens with one attached hydrogen (secondary N) is 1. The lowest BCUT2D eigenvalue weighted by Gasteiger charge is -2.25. The number of benzene rings is 2. The zero-order valence-electron chi connectivity index (χ0n) is 16.1. The Balaban J connectivity index is 1.46. The zero-order chi connectivity index (χ0) is 20.2. The lowest BCUT2D eigenvalue weighted by Crippen LogP contribution is -2.34. The van der Waals surface area contributed by atoms with Gasteiger partial charge in [-0.25, -0.2) is 9.07 Å². The number of hydrogen-bond acceptors (Lipinski definition) is 4. The van der Waals surface area contributed by atoms with E-state index in [9.17, 15) is 14.0 Å². The first-order valence-corrected chi connectivity index (χ1v) is 9.99. The van der Waals surface area contributed by atoms with Crippen LogP contribution in [-0.2, 0) is 11.3 Å². The maximum atomic E-state index is 13.3. The normalized spacial score (nSPS) is 15.5. The number of amides is 1. The summed E-state index contributed by atoms with van der Waals surface area (Å²) >= 11 is 0. The highest BCUT2D eigenvalue weighted by Gasteiger charge is 2.27. The van der Waals surface area contributed by atoms with Crippen molar-refractivity contribution in [2.24, 2.45) is 5.92 Å². The number of aromatic nitrogens is 3. The van der Waals surface area contributed by atoms with Gasteiger partial charge in [-0.1, -0.05) is 42.3 Å². The van der Waals surface area contributed by atoms with Gasteiger partial charge in [-0.05, 0) is 48.6 Å². The van der Waals surface area contributed by atoms with Crippen molar-refractivity contribution in [3.63, 3.8) is 0 Å². The molecule has 2 aromatic carbocycles. The molecule has 1 atom stereocenters. The van der Waals surface area contributed by atoms with Crippen LogP contribution in [-0.4, -0.2) is 20.9 Å². The molecule has 1 aliphatic carbocycles. The van der Waals surface area contributed by atoms with Gasteiger partial charge in [0.25, 0.3) is 5.56 Å². The van der Waals surface area contributed by atoms with Gasteiger partial charge in [-0.15, -0.1) is 5.10 Å². The van der Waals surface area contributed by atoms with Crippen LogP contribution in [0.2, 0.25) is 0 Å². The number of hydrogen-bond donors (Lipinski definition) is 1. The Hall–Kier alpha value is -3.09. The second-order valence-electron chi connectivity index (χ2n) is 7.53. The van der Waals surface area contributed by atoms with Gasteiger partial charge in [0, 0.05) is 6.42 Å². The first kappa shape index (κ1) is 19.2. The summed E-state index contributed by atoms with van der Waals surface area (Å²) < 4.78 is 14.5. The van der Waals surface area contributed by atoms with Gasteiger partial charge < -0.3 is 5.32 Å². The molecule has 1 heterocycles. The number of carbonyl (C=O) groups is 1. The summed E-state index contributed by atoms with van der Waals surface area (Å²) in [5.41, 5.74) is 1.19. The summed E-state index contributed by atoms with van der Waals surface area (Å²) in [6, 6.07) is 13.2. The topological polar surface area (TPSA) is 76.9 Å². The number of fused-ring (bicyclic) bond motifs is 1. The smallest absolute Gasteiger partial charge is 0.277 e. The predicted octanol–water partition coefficient (Wildman–Crippen LogP) is 3.37. The van der Waals surface area contributed by atoms with Gasteiger partial charge in [0.05, 0.1) is 18.0 Å². The van der Waals surface area contributed by atoms with Crippen LogP contribution in [0.25, 0.3) is 10.9 Å². The first-order chi connectivity index (χ1) is 14.1. The van der Waals surface area contributed by atoms with Crippen LogP contribution in [0.3, 0.4) is 0 Å². The Kier molecular flexibility index (Phi) is 5.64. The summed E-state index contributed by atoms with van der Waals surface area (Å²) in [6.07, 6.45) is 4.48. The molecule has 1 fully saturated rings. The average Bonchev–Trinajstić information content (AvgIpc) is 3.27. The van der Waals surface area contributed by atoms with Crippen LogP contribution in [0, 0.1) is 11.7 Å². The van der Waals surface area contributed by atoms with Crippen molar-refractivity contribution in [3.8, 4) is 0 Å². The van der Waals surface area contributed by atoms with E-state index in [0.717, 1.165) is 31.2 Å². The Morgan fingerprint density at radius 1 is 1.14 bits per heavy atom. The molecule has 1 N–H and O–H groups in total. The van der Waals surface area contributed by atoms with Crippen LogP contribution in [0.4, 0.5) is 4.39 Å². The minimum Gasteiger partial charge on any atom is -0.349 e. The number of rotatable bonds is 6. The second kappa shape index (κ2) is 8.51. The molecule has 3 aromatic rings. The maximum absolute atomic E-state index is 13.3.